The Morgan fingerprint density at radius 1 is 1.56 bits per heavy atom. The van der Waals surface area contributed by atoms with Gasteiger partial charge in [0.15, 0.2) is 17.7 Å². The van der Waals surface area contributed by atoms with Crippen LogP contribution < -0.4 is 15.4 Å². The van der Waals surface area contributed by atoms with Crippen LogP contribution >= 0.6 is 0 Å². The van der Waals surface area contributed by atoms with E-state index in [0.717, 1.165) is 6.54 Å². The van der Waals surface area contributed by atoms with Gasteiger partial charge in [0, 0.05) is 18.7 Å². The molecule has 0 bridgehead atoms. The highest BCUT2D eigenvalue weighted by Gasteiger charge is 2.36. The van der Waals surface area contributed by atoms with E-state index in [9.17, 15) is 4.79 Å². The highest BCUT2D eigenvalue weighted by molar-refractivity contribution is 5.96. The first-order chi connectivity index (χ1) is 8.63. The average Bonchev–Trinajstić information content (AvgIpc) is 2.35. The highest BCUT2D eigenvalue weighted by Crippen LogP contribution is 2.30. The summed E-state index contributed by atoms with van der Waals surface area (Å²) in [5.41, 5.74) is 0. The van der Waals surface area contributed by atoms with Crippen molar-refractivity contribution in [2.45, 2.75) is 20.0 Å². The molecule has 5 nitrogen and oxygen atoms in total. The zero-order valence-electron chi connectivity index (χ0n) is 10.9. The highest BCUT2D eigenvalue weighted by atomic mass is 16.5. The number of nitrogens with zero attached hydrogens (tertiary/aromatic N) is 1. The molecule has 0 aliphatic carbocycles. The van der Waals surface area contributed by atoms with Crippen molar-refractivity contribution >= 4 is 11.7 Å². The van der Waals surface area contributed by atoms with E-state index in [1.165, 1.54) is 0 Å². The zero-order chi connectivity index (χ0) is 13.1. The van der Waals surface area contributed by atoms with Crippen molar-refractivity contribution < 1.29 is 9.53 Å². The predicted octanol–water partition coefficient (Wildman–Crippen LogP) is 1.27. The molecule has 1 aliphatic heterocycles. The van der Waals surface area contributed by atoms with E-state index >= 15 is 0 Å². The van der Waals surface area contributed by atoms with Crippen LogP contribution in [0.2, 0.25) is 0 Å². The van der Waals surface area contributed by atoms with Crippen LogP contribution in [0.5, 0.6) is 5.75 Å². The first-order valence-corrected chi connectivity index (χ1v) is 6.20. The van der Waals surface area contributed by atoms with Gasteiger partial charge in [-0.05, 0) is 25.1 Å². The van der Waals surface area contributed by atoms with Crippen molar-refractivity contribution in [2.75, 3.05) is 18.9 Å². The first kappa shape index (κ1) is 12.8. The summed E-state index contributed by atoms with van der Waals surface area (Å²) in [5.74, 6) is 1.51. The third-order valence-corrected chi connectivity index (χ3v) is 3.21. The molecule has 0 spiro atoms. The molecule has 2 N–H and O–H groups in total. The molecule has 1 aliphatic rings. The zero-order valence-corrected chi connectivity index (χ0v) is 10.9. The first-order valence-electron chi connectivity index (χ1n) is 6.20. The van der Waals surface area contributed by atoms with Crippen LogP contribution in [0.25, 0.3) is 0 Å². The Kier molecular flexibility index (Phi) is 3.81. The van der Waals surface area contributed by atoms with Gasteiger partial charge in [0.25, 0.3) is 5.91 Å². The molecule has 1 aromatic rings. The summed E-state index contributed by atoms with van der Waals surface area (Å²) >= 11 is 0. The third kappa shape index (κ3) is 2.46. The largest absolute Gasteiger partial charge is 0.476 e. The second-order valence-electron chi connectivity index (χ2n) is 4.84. The molecule has 2 rings (SSSR count). The molecule has 0 aromatic carbocycles. The van der Waals surface area contributed by atoms with Crippen LogP contribution in [-0.4, -0.2) is 30.6 Å². The summed E-state index contributed by atoms with van der Waals surface area (Å²) in [4.78, 5) is 16.2. The molecular weight excluding hydrogens is 230 g/mol. The molecule has 98 valence electrons. The number of anilines is 1. The van der Waals surface area contributed by atoms with Gasteiger partial charge in [0.1, 0.15) is 0 Å². The number of amides is 1. The fourth-order valence-corrected chi connectivity index (χ4v) is 2.17. The van der Waals surface area contributed by atoms with Crippen LogP contribution in [0.3, 0.4) is 0 Å². The van der Waals surface area contributed by atoms with E-state index < -0.39 is 6.10 Å². The maximum atomic E-state index is 12.1. The minimum atomic E-state index is -0.464. The molecule has 1 amide bonds. The number of carbonyl (C=O) groups excluding carboxylic acids is 1. The van der Waals surface area contributed by atoms with Crippen LogP contribution in [0.15, 0.2) is 18.3 Å². The third-order valence-electron chi connectivity index (χ3n) is 3.21. The van der Waals surface area contributed by atoms with Crippen LogP contribution in [0.4, 0.5) is 5.82 Å². The Bertz CT molecular complexity index is 434. The van der Waals surface area contributed by atoms with Crippen molar-refractivity contribution in [1.82, 2.24) is 10.3 Å². The molecule has 5 heteroatoms. The van der Waals surface area contributed by atoms with Gasteiger partial charge in [0.2, 0.25) is 0 Å². The molecule has 0 radical (unpaired) electrons. The SMILES string of the molecule is CNCC(C(C)C)C1Oc2cccnc2NC1=O. The maximum absolute atomic E-state index is 12.1. The number of hydrogen-bond donors (Lipinski definition) is 2. The van der Waals surface area contributed by atoms with Crippen LogP contribution in [0.1, 0.15) is 13.8 Å². The molecule has 1 aromatic heterocycles. The molecule has 18 heavy (non-hydrogen) atoms. The van der Waals surface area contributed by atoms with Gasteiger partial charge in [-0.1, -0.05) is 13.8 Å². The topological polar surface area (TPSA) is 63.2 Å². The van der Waals surface area contributed by atoms with E-state index in [2.05, 4.69) is 29.5 Å². The molecular formula is C13H19N3O2. The summed E-state index contributed by atoms with van der Waals surface area (Å²) in [6.07, 6.45) is 1.17. The molecule has 0 saturated heterocycles. The summed E-state index contributed by atoms with van der Waals surface area (Å²) in [5, 5.41) is 5.92. The fourth-order valence-electron chi connectivity index (χ4n) is 2.17. The summed E-state index contributed by atoms with van der Waals surface area (Å²) in [6.45, 7) is 4.93. The minimum absolute atomic E-state index is 0.116. The summed E-state index contributed by atoms with van der Waals surface area (Å²) in [7, 11) is 1.88. The van der Waals surface area contributed by atoms with Gasteiger partial charge in [-0.2, -0.15) is 0 Å². The molecule has 0 saturated carbocycles. The molecule has 2 heterocycles. The Morgan fingerprint density at radius 3 is 3.00 bits per heavy atom. The van der Waals surface area contributed by atoms with E-state index in [1.807, 2.05) is 13.1 Å². The van der Waals surface area contributed by atoms with Gasteiger partial charge in [-0.25, -0.2) is 4.98 Å². The van der Waals surface area contributed by atoms with E-state index in [1.54, 1.807) is 12.3 Å². The standard InChI is InChI=1S/C13H19N3O2/c1-8(2)9(7-14-3)11-13(17)16-12-10(18-11)5-4-6-15-12/h4-6,8-9,11,14H,7H2,1-3H3,(H,15,16,17). The number of nitrogens with one attached hydrogen (secondary N) is 2. The van der Waals surface area contributed by atoms with Crippen molar-refractivity contribution in [3.8, 4) is 5.75 Å². The molecule has 2 unspecified atom stereocenters. The number of hydrogen-bond acceptors (Lipinski definition) is 4. The fraction of sp³-hybridized carbons (Fsp3) is 0.538. The summed E-state index contributed by atoms with van der Waals surface area (Å²) in [6, 6.07) is 3.63. The van der Waals surface area contributed by atoms with E-state index in [0.29, 0.717) is 17.5 Å². The monoisotopic (exact) mass is 249 g/mol. The second kappa shape index (κ2) is 5.35. The second-order valence-corrected chi connectivity index (χ2v) is 4.84. The minimum Gasteiger partial charge on any atom is -0.476 e. The Hall–Kier alpha value is -1.62. The van der Waals surface area contributed by atoms with Gasteiger partial charge >= 0.3 is 0 Å². The lowest BCUT2D eigenvalue weighted by molar-refractivity contribution is -0.126. The van der Waals surface area contributed by atoms with Gasteiger partial charge in [0.05, 0.1) is 0 Å². The van der Waals surface area contributed by atoms with E-state index in [4.69, 9.17) is 4.74 Å². The normalized spacial score (nSPS) is 20.0. The lowest BCUT2D eigenvalue weighted by atomic mass is 9.89. The lowest BCUT2D eigenvalue weighted by Crippen LogP contribution is -2.47. The predicted molar refractivity (Wildman–Crippen MR) is 69.5 cm³/mol. The number of carbonyl (C=O) groups is 1. The Balaban J connectivity index is 2.22. The Labute approximate surface area is 107 Å². The summed E-state index contributed by atoms with van der Waals surface area (Å²) < 4.78 is 5.81. The van der Waals surface area contributed by atoms with Crippen molar-refractivity contribution in [1.29, 1.82) is 0 Å². The number of ether oxygens (including phenoxy) is 1. The quantitative estimate of drug-likeness (QED) is 0.843. The van der Waals surface area contributed by atoms with Crippen molar-refractivity contribution in [3.05, 3.63) is 18.3 Å². The van der Waals surface area contributed by atoms with Crippen LogP contribution in [0, 0.1) is 11.8 Å². The van der Waals surface area contributed by atoms with Crippen molar-refractivity contribution in [3.63, 3.8) is 0 Å². The van der Waals surface area contributed by atoms with Gasteiger partial charge < -0.3 is 15.4 Å². The maximum Gasteiger partial charge on any atom is 0.267 e. The number of rotatable bonds is 4. The average molecular weight is 249 g/mol. The van der Waals surface area contributed by atoms with Gasteiger partial charge in [-0.3, -0.25) is 4.79 Å². The van der Waals surface area contributed by atoms with Gasteiger partial charge in [-0.15, -0.1) is 0 Å². The van der Waals surface area contributed by atoms with Crippen LogP contribution in [-0.2, 0) is 4.79 Å². The number of fused-ring (bicyclic) bond motifs is 1. The van der Waals surface area contributed by atoms with Crippen molar-refractivity contribution in [2.24, 2.45) is 11.8 Å². The van der Waals surface area contributed by atoms with E-state index in [-0.39, 0.29) is 11.8 Å². The molecule has 2 atom stereocenters. The Morgan fingerprint density at radius 2 is 2.33 bits per heavy atom. The number of pyridine rings is 1. The number of aromatic nitrogens is 1. The lowest BCUT2D eigenvalue weighted by Gasteiger charge is -2.32. The molecule has 0 fully saturated rings. The smallest absolute Gasteiger partial charge is 0.267 e.